The zero-order valence-electron chi connectivity index (χ0n) is 14.7. The second-order valence-corrected chi connectivity index (χ2v) is 6.81. The van der Waals surface area contributed by atoms with Crippen LogP contribution in [0, 0.1) is 23.4 Å². The van der Waals surface area contributed by atoms with E-state index >= 15 is 0 Å². The van der Waals surface area contributed by atoms with Gasteiger partial charge in [0, 0.05) is 24.5 Å². The minimum absolute atomic E-state index is 0.0208. The lowest BCUT2D eigenvalue weighted by molar-refractivity contribution is -0.117. The highest BCUT2D eigenvalue weighted by atomic mass is 19.1. The molecule has 1 unspecified atom stereocenters. The van der Waals surface area contributed by atoms with Crippen LogP contribution in [0.15, 0.2) is 41.4 Å². The topological polar surface area (TPSA) is 61.8 Å². The lowest BCUT2D eigenvalue weighted by Crippen LogP contribution is -2.48. The molecule has 4 rings (SSSR count). The number of likely N-dealkylation sites (tertiary alicyclic amines) is 1. The van der Waals surface area contributed by atoms with Gasteiger partial charge in [-0.2, -0.15) is 0 Å². The van der Waals surface area contributed by atoms with E-state index in [0.717, 1.165) is 12.1 Å². The number of carbonyl (C=O) groups is 2. The Labute approximate surface area is 158 Å². The molecule has 2 heterocycles. The van der Waals surface area contributed by atoms with Gasteiger partial charge in [0.2, 0.25) is 5.91 Å². The second-order valence-electron chi connectivity index (χ2n) is 6.81. The molecule has 2 aromatic carbocycles. The Morgan fingerprint density at radius 1 is 1.11 bits per heavy atom. The molecule has 2 aromatic rings. The molecular weight excluding hydrogens is 371 g/mol. The number of amides is 1. The zero-order valence-corrected chi connectivity index (χ0v) is 14.7. The van der Waals surface area contributed by atoms with Crippen molar-refractivity contribution in [2.75, 3.05) is 25.0 Å². The van der Waals surface area contributed by atoms with Gasteiger partial charge in [-0.15, -0.1) is 0 Å². The summed E-state index contributed by atoms with van der Waals surface area (Å²) < 4.78 is 41.0. The number of nitrogens with one attached hydrogen (secondary N) is 1. The molecule has 8 heteroatoms. The monoisotopic (exact) mass is 387 g/mol. The molecule has 2 aliphatic heterocycles. The predicted molar refractivity (Wildman–Crippen MR) is 97.4 cm³/mol. The fraction of sp³-hybridized carbons (Fsp3) is 0.250. The maximum absolute atomic E-state index is 14.1. The molecule has 1 saturated heterocycles. The zero-order chi connectivity index (χ0) is 19.8. The van der Waals surface area contributed by atoms with Crippen LogP contribution in [0.2, 0.25) is 0 Å². The summed E-state index contributed by atoms with van der Waals surface area (Å²) in [6, 6.07) is 7.26. The van der Waals surface area contributed by atoms with Crippen molar-refractivity contribution >= 4 is 28.8 Å². The van der Waals surface area contributed by atoms with Crippen LogP contribution in [0.4, 0.5) is 24.5 Å². The number of rotatable bonds is 3. The smallest absolute Gasteiger partial charge is 0.238 e. The number of carbonyl (C=O) groups excluding carboxylic acids is 2. The Morgan fingerprint density at radius 2 is 1.82 bits per heavy atom. The number of aliphatic imine (C=N–C) groups is 1. The molecule has 0 aromatic heterocycles. The number of ketones is 1. The van der Waals surface area contributed by atoms with E-state index in [1.807, 2.05) is 0 Å². The van der Waals surface area contributed by atoms with Crippen molar-refractivity contribution in [2.45, 2.75) is 6.42 Å². The van der Waals surface area contributed by atoms with Gasteiger partial charge in [0.15, 0.2) is 5.78 Å². The van der Waals surface area contributed by atoms with E-state index in [-0.39, 0.29) is 30.2 Å². The molecule has 0 radical (unpaired) electrons. The number of fused-ring (bicyclic) bond motifs is 2. The fourth-order valence-electron chi connectivity index (χ4n) is 3.55. The maximum Gasteiger partial charge on any atom is 0.238 e. The summed E-state index contributed by atoms with van der Waals surface area (Å²) in [5.74, 6) is -3.45. The van der Waals surface area contributed by atoms with Gasteiger partial charge in [0.1, 0.15) is 23.1 Å². The van der Waals surface area contributed by atoms with Gasteiger partial charge in [-0.05, 0) is 42.8 Å². The van der Waals surface area contributed by atoms with Gasteiger partial charge >= 0.3 is 0 Å². The quantitative estimate of drug-likeness (QED) is 0.879. The Morgan fingerprint density at radius 3 is 2.57 bits per heavy atom. The minimum Gasteiger partial charge on any atom is -0.325 e. The summed E-state index contributed by atoms with van der Waals surface area (Å²) in [5, 5.41) is 2.66. The van der Waals surface area contributed by atoms with Crippen molar-refractivity contribution in [3.05, 3.63) is 59.4 Å². The van der Waals surface area contributed by atoms with Crippen LogP contribution in [0.1, 0.15) is 16.8 Å². The molecule has 1 amide bonds. The van der Waals surface area contributed by atoms with Gasteiger partial charge in [-0.1, -0.05) is 0 Å². The molecule has 5 nitrogen and oxygen atoms in total. The minimum atomic E-state index is -0.796. The van der Waals surface area contributed by atoms with Crippen LogP contribution in [0.3, 0.4) is 0 Å². The number of halogens is 3. The highest BCUT2D eigenvalue weighted by molar-refractivity contribution is 6.18. The summed E-state index contributed by atoms with van der Waals surface area (Å²) in [6.45, 7) is 0.683. The Bertz CT molecular complexity index is 989. The van der Waals surface area contributed by atoms with Crippen molar-refractivity contribution in [1.82, 2.24) is 4.90 Å². The van der Waals surface area contributed by atoms with Crippen molar-refractivity contribution in [1.29, 1.82) is 0 Å². The molecule has 0 aliphatic carbocycles. The van der Waals surface area contributed by atoms with Crippen LogP contribution >= 0.6 is 0 Å². The molecule has 1 atom stereocenters. The molecule has 1 N–H and O–H groups in total. The first kappa shape index (κ1) is 18.4. The van der Waals surface area contributed by atoms with Crippen molar-refractivity contribution in [3.8, 4) is 0 Å². The number of nitrogens with zero attached hydrogens (tertiary/aromatic N) is 2. The Hall–Kier alpha value is -3.00. The summed E-state index contributed by atoms with van der Waals surface area (Å²) in [5.41, 5.74) is 0.410. The average molecular weight is 387 g/mol. The lowest BCUT2D eigenvalue weighted by Gasteiger charge is -2.34. The Balaban J connectivity index is 1.46. The first-order chi connectivity index (χ1) is 13.4. The standard InChI is InChI=1S/C20H16F3N3O2/c21-11-1-3-12(4-2-11)24-17(27)10-26-8-7-16-13(9-26)20(28)18-14(22)5-6-15(23)19(18)25-16/h1-6,13H,7-10H2,(H,24,27). The molecule has 0 bridgehead atoms. The van der Waals surface area contributed by atoms with Crippen LogP contribution in [-0.4, -0.2) is 41.9 Å². The first-order valence-corrected chi connectivity index (χ1v) is 8.80. The fourth-order valence-corrected chi connectivity index (χ4v) is 3.55. The van der Waals surface area contributed by atoms with Crippen molar-refractivity contribution in [2.24, 2.45) is 10.9 Å². The van der Waals surface area contributed by atoms with E-state index < -0.39 is 29.2 Å². The van der Waals surface area contributed by atoms with Gasteiger partial charge in [-0.3, -0.25) is 19.5 Å². The Kier molecular flexibility index (Phi) is 4.72. The number of piperidine rings is 1. The molecule has 0 saturated carbocycles. The molecule has 1 fully saturated rings. The van der Waals surface area contributed by atoms with Crippen LogP contribution in [-0.2, 0) is 4.79 Å². The SMILES string of the molecule is O=C(CN1CCC2=Nc3c(F)ccc(F)c3C(=O)C2C1)Nc1ccc(F)cc1. The highest BCUT2D eigenvalue weighted by Crippen LogP contribution is 2.35. The normalized spacial score (nSPS) is 18.9. The average Bonchev–Trinajstić information content (AvgIpc) is 2.67. The van der Waals surface area contributed by atoms with Gasteiger partial charge in [0.05, 0.1) is 18.0 Å². The van der Waals surface area contributed by atoms with Gasteiger partial charge < -0.3 is 5.32 Å². The van der Waals surface area contributed by atoms with Gasteiger partial charge in [0.25, 0.3) is 0 Å². The van der Waals surface area contributed by atoms with Crippen molar-refractivity contribution in [3.63, 3.8) is 0 Å². The molecule has 28 heavy (non-hydrogen) atoms. The van der Waals surface area contributed by atoms with Crippen LogP contribution in [0.5, 0.6) is 0 Å². The van der Waals surface area contributed by atoms with E-state index in [2.05, 4.69) is 10.3 Å². The number of hydrogen-bond donors (Lipinski definition) is 1. The first-order valence-electron chi connectivity index (χ1n) is 8.80. The van der Waals surface area contributed by atoms with Crippen LogP contribution in [0.25, 0.3) is 0 Å². The van der Waals surface area contributed by atoms with E-state index in [0.29, 0.717) is 24.4 Å². The van der Waals surface area contributed by atoms with Crippen molar-refractivity contribution < 1.29 is 22.8 Å². The summed E-state index contributed by atoms with van der Waals surface area (Å²) in [7, 11) is 0. The third-order valence-electron chi connectivity index (χ3n) is 4.92. The molecular formula is C20H16F3N3O2. The van der Waals surface area contributed by atoms with Crippen LogP contribution < -0.4 is 5.32 Å². The van der Waals surface area contributed by atoms with E-state index in [1.54, 1.807) is 4.90 Å². The third kappa shape index (κ3) is 3.43. The van der Waals surface area contributed by atoms with E-state index in [1.165, 1.54) is 24.3 Å². The summed E-state index contributed by atoms with van der Waals surface area (Å²) in [4.78, 5) is 30.9. The number of Topliss-reactive ketones (excluding diaryl/α,β-unsaturated/α-hetero) is 1. The molecule has 0 spiro atoms. The number of benzene rings is 2. The predicted octanol–water partition coefficient (Wildman–Crippen LogP) is 3.33. The number of hydrogen-bond acceptors (Lipinski definition) is 4. The van der Waals surface area contributed by atoms with E-state index in [9.17, 15) is 22.8 Å². The molecule has 144 valence electrons. The largest absolute Gasteiger partial charge is 0.325 e. The highest BCUT2D eigenvalue weighted by Gasteiger charge is 2.38. The lowest BCUT2D eigenvalue weighted by atomic mass is 9.84. The number of anilines is 1. The summed E-state index contributed by atoms with van der Waals surface area (Å²) in [6.07, 6.45) is 0.385. The van der Waals surface area contributed by atoms with Gasteiger partial charge in [-0.25, -0.2) is 13.2 Å². The second kappa shape index (κ2) is 7.20. The third-order valence-corrected chi connectivity index (χ3v) is 4.92. The maximum atomic E-state index is 14.1. The molecule has 2 aliphatic rings. The summed E-state index contributed by atoms with van der Waals surface area (Å²) >= 11 is 0. The van der Waals surface area contributed by atoms with E-state index in [4.69, 9.17) is 0 Å².